The van der Waals surface area contributed by atoms with E-state index in [1.807, 2.05) is 41.8 Å². The quantitative estimate of drug-likeness (QED) is 0.271. The Kier molecular flexibility index (Phi) is 8.48. The molecule has 8 nitrogen and oxygen atoms in total. The van der Waals surface area contributed by atoms with E-state index in [0.29, 0.717) is 34.9 Å². The number of amides is 1. The molecule has 9 heteroatoms. The summed E-state index contributed by atoms with van der Waals surface area (Å²) in [6.07, 6.45) is 1.64. The number of carbonyl (C=O) groups is 1. The van der Waals surface area contributed by atoms with Gasteiger partial charge in [-0.2, -0.15) is 5.10 Å². The summed E-state index contributed by atoms with van der Waals surface area (Å²) in [5, 5.41) is 13.3. The van der Waals surface area contributed by atoms with Gasteiger partial charge in [-0.1, -0.05) is 49.9 Å². The van der Waals surface area contributed by atoms with E-state index in [9.17, 15) is 4.79 Å². The summed E-state index contributed by atoms with van der Waals surface area (Å²) in [4.78, 5) is 12.2. The van der Waals surface area contributed by atoms with Gasteiger partial charge in [0.1, 0.15) is 0 Å². The van der Waals surface area contributed by atoms with Crippen LogP contribution in [0.4, 0.5) is 0 Å². The van der Waals surface area contributed by atoms with Crippen molar-refractivity contribution in [2.75, 3.05) is 20.0 Å². The van der Waals surface area contributed by atoms with Crippen molar-refractivity contribution in [2.24, 2.45) is 5.10 Å². The maximum atomic E-state index is 12.2. The zero-order valence-corrected chi connectivity index (χ0v) is 20.3. The van der Waals surface area contributed by atoms with Crippen LogP contribution in [0.3, 0.4) is 0 Å². The Morgan fingerprint density at radius 1 is 1.12 bits per heavy atom. The molecule has 0 saturated heterocycles. The first-order chi connectivity index (χ1) is 16.0. The van der Waals surface area contributed by atoms with Gasteiger partial charge in [-0.3, -0.25) is 4.79 Å². The first-order valence-electron chi connectivity index (χ1n) is 10.7. The van der Waals surface area contributed by atoms with Crippen LogP contribution in [-0.4, -0.2) is 46.9 Å². The number of hydrogen-bond acceptors (Lipinski definition) is 7. The fourth-order valence-corrected chi connectivity index (χ4v) is 3.97. The summed E-state index contributed by atoms with van der Waals surface area (Å²) in [7, 11) is 3.19. The van der Waals surface area contributed by atoms with Crippen LogP contribution >= 0.6 is 11.8 Å². The highest BCUT2D eigenvalue weighted by molar-refractivity contribution is 7.99. The normalized spacial score (nSPS) is 11.2. The summed E-state index contributed by atoms with van der Waals surface area (Å²) < 4.78 is 12.6. The lowest BCUT2D eigenvalue weighted by molar-refractivity contribution is -0.118. The van der Waals surface area contributed by atoms with Crippen LogP contribution in [0.5, 0.6) is 11.5 Å². The molecule has 0 spiro atoms. The third kappa shape index (κ3) is 6.13. The number of ether oxygens (including phenoxy) is 2. The van der Waals surface area contributed by atoms with Gasteiger partial charge in [-0.25, -0.2) is 5.43 Å². The second-order valence-corrected chi connectivity index (χ2v) is 8.47. The van der Waals surface area contributed by atoms with E-state index in [0.717, 1.165) is 11.1 Å². The topological polar surface area (TPSA) is 90.6 Å². The summed E-state index contributed by atoms with van der Waals surface area (Å²) in [6.45, 7) is 6.96. The van der Waals surface area contributed by atoms with Crippen molar-refractivity contribution in [3.63, 3.8) is 0 Å². The molecule has 33 heavy (non-hydrogen) atoms. The van der Waals surface area contributed by atoms with Crippen molar-refractivity contribution in [3.8, 4) is 22.9 Å². The minimum absolute atomic E-state index is 0.174. The zero-order valence-electron chi connectivity index (χ0n) is 19.5. The maximum absolute atomic E-state index is 12.2. The molecule has 3 aromatic rings. The Labute approximate surface area is 198 Å². The second kappa shape index (κ2) is 11.5. The number of hydrogen-bond donors (Lipinski definition) is 1. The molecule has 0 aliphatic carbocycles. The smallest absolute Gasteiger partial charge is 0.250 e. The second-order valence-electron chi connectivity index (χ2n) is 7.52. The van der Waals surface area contributed by atoms with Gasteiger partial charge in [0.05, 0.1) is 26.2 Å². The van der Waals surface area contributed by atoms with Crippen molar-refractivity contribution in [1.29, 1.82) is 0 Å². The minimum Gasteiger partial charge on any atom is -0.493 e. The minimum atomic E-state index is -0.214. The molecule has 1 aromatic heterocycles. The van der Waals surface area contributed by atoms with Crippen LogP contribution in [-0.2, 0) is 11.3 Å². The molecule has 0 radical (unpaired) electrons. The SMILES string of the molecule is CCn1c(SCC(=O)N/N=C/c2ccc(C(C)C)cc2)nnc1-c1ccc(OC)c(OC)c1. The lowest BCUT2D eigenvalue weighted by atomic mass is 10.0. The van der Waals surface area contributed by atoms with E-state index in [-0.39, 0.29) is 11.7 Å². The highest BCUT2D eigenvalue weighted by atomic mass is 32.2. The monoisotopic (exact) mass is 467 g/mol. The number of hydrazone groups is 1. The molecule has 174 valence electrons. The molecule has 1 heterocycles. The number of aromatic nitrogens is 3. The Bertz CT molecular complexity index is 1110. The Morgan fingerprint density at radius 2 is 1.85 bits per heavy atom. The van der Waals surface area contributed by atoms with E-state index < -0.39 is 0 Å². The average molecular weight is 468 g/mol. The van der Waals surface area contributed by atoms with E-state index in [4.69, 9.17) is 9.47 Å². The van der Waals surface area contributed by atoms with Crippen molar-refractivity contribution in [2.45, 2.75) is 38.4 Å². The molecule has 0 atom stereocenters. The fraction of sp³-hybridized carbons (Fsp3) is 0.333. The molecule has 0 saturated carbocycles. The van der Waals surface area contributed by atoms with E-state index in [2.05, 4.69) is 46.7 Å². The standard InChI is InChI=1S/C24H29N5O3S/c1-6-29-23(19-11-12-20(31-4)21(13-19)32-5)27-28-24(29)33-15-22(30)26-25-14-17-7-9-18(10-8-17)16(2)3/h7-14,16H,6,15H2,1-5H3,(H,26,30)/b25-14+. The van der Waals surface area contributed by atoms with E-state index in [1.54, 1.807) is 20.4 Å². The van der Waals surface area contributed by atoms with Gasteiger partial charge >= 0.3 is 0 Å². The molecule has 3 rings (SSSR count). The number of nitrogens with one attached hydrogen (secondary N) is 1. The predicted octanol–water partition coefficient (Wildman–Crippen LogP) is 4.35. The van der Waals surface area contributed by atoms with Crippen LogP contribution in [0.1, 0.15) is 37.8 Å². The molecule has 2 aromatic carbocycles. The number of rotatable bonds is 10. The van der Waals surface area contributed by atoms with Gasteiger partial charge in [0.15, 0.2) is 22.5 Å². The van der Waals surface area contributed by atoms with Crippen LogP contribution in [0, 0.1) is 0 Å². The molecule has 1 N–H and O–H groups in total. The Hall–Kier alpha value is -3.33. The first kappa shape index (κ1) is 24.3. The third-order valence-corrected chi connectivity index (χ3v) is 5.98. The largest absolute Gasteiger partial charge is 0.493 e. The van der Waals surface area contributed by atoms with Crippen LogP contribution in [0.25, 0.3) is 11.4 Å². The Morgan fingerprint density at radius 3 is 2.48 bits per heavy atom. The summed E-state index contributed by atoms with van der Waals surface area (Å²) in [6, 6.07) is 13.7. The van der Waals surface area contributed by atoms with Crippen molar-refractivity contribution >= 4 is 23.9 Å². The number of benzene rings is 2. The zero-order chi connectivity index (χ0) is 23.8. The number of methoxy groups -OCH3 is 2. The molecule has 0 unspecified atom stereocenters. The first-order valence-corrected chi connectivity index (χ1v) is 11.7. The van der Waals surface area contributed by atoms with Gasteiger partial charge in [-0.05, 0) is 42.2 Å². The predicted molar refractivity (Wildman–Crippen MR) is 131 cm³/mol. The summed E-state index contributed by atoms with van der Waals surface area (Å²) in [5.41, 5.74) is 5.61. The van der Waals surface area contributed by atoms with Gasteiger partial charge in [0, 0.05) is 12.1 Å². The van der Waals surface area contributed by atoms with Gasteiger partial charge in [0.25, 0.3) is 5.91 Å². The lowest BCUT2D eigenvalue weighted by Gasteiger charge is -2.10. The number of carbonyl (C=O) groups excluding carboxylic acids is 1. The van der Waals surface area contributed by atoms with E-state index in [1.165, 1.54) is 17.3 Å². The van der Waals surface area contributed by atoms with Crippen molar-refractivity contribution < 1.29 is 14.3 Å². The highest BCUT2D eigenvalue weighted by Crippen LogP contribution is 2.32. The van der Waals surface area contributed by atoms with E-state index >= 15 is 0 Å². The number of thioether (sulfide) groups is 1. The average Bonchev–Trinajstić information content (AvgIpc) is 3.25. The molecular weight excluding hydrogens is 438 g/mol. The van der Waals surface area contributed by atoms with Crippen LogP contribution in [0.2, 0.25) is 0 Å². The highest BCUT2D eigenvalue weighted by Gasteiger charge is 2.16. The maximum Gasteiger partial charge on any atom is 0.250 e. The van der Waals surface area contributed by atoms with Gasteiger partial charge in [-0.15, -0.1) is 10.2 Å². The van der Waals surface area contributed by atoms with Crippen molar-refractivity contribution in [1.82, 2.24) is 20.2 Å². The van der Waals surface area contributed by atoms with Gasteiger partial charge < -0.3 is 14.0 Å². The molecular formula is C24H29N5O3S. The molecule has 0 bridgehead atoms. The van der Waals surface area contributed by atoms with Gasteiger partial charge in [0.2, 0.25) is 0 Å². The summed E-state index contributed by atoms with van der Waals surface area (Å²) >= 11 is 1.31. The Balaban J connectivity index is 1.61. The lowest BCUT2D eigenvalue weighted by Crippen LogP contribution is -2.20. The molecule has 0 aliphatic heterocycles. The summed E-state index contributed by atoms with van der Waals surface area (Å²) in [5.74, 6) is 2.40. The van der Waals surface area contributed by atoms with Crippen LogP contribution < -0.4 is 14.9 Å². The molecule has 0 aliphatic rings. The van der Waals surface area contributed by atoms with Crippen molar-refractivity contribution in [3.05, 3.63) is 53.6 Å². The fourth-order valence-electron chi connectivity index (χ4n) is 3.18. The van der Waals surface area contributed by atoms with Crippen LogP contribution in [0.15, 0.2) is 52.7 Å². The molecule has 0 fully saturated rings. The number of nitrogens with zero attached hydrogens (tertiary/aromatic N) is 4. The third-order valence-electron chi connectivity index (χ3n) is 5.01. The molecule has 1 amide bonds.